The maximum Gasteiger partial charge on any atom is 0.0721 e. The minimum absolute atomic E-state index is 0.0968. The zero-order valence-electron chi connectivity index (χ0n) is 6.88. The number of nitrogens with zero attached hydrogens (tertiary/aromatic N) is 1. The van der Waals surface area contributed by atoms with Crippen molar-refractivity contribution in [2.45, 2.75) is 17.0 Å². The molecule has 1 aliphatic heterocycles. The van der Waals surface area contributed by atoms with Crippen LogP contribution in [0.1, 0.15) is 18.1 Å². The Kier molecular flexibility index (Phi) is 2.08. The van der Waals surface area contributed by atoms with Gasteiger partial charge in [0.25, 0.3) is 0 Å². The van der Waals surface area contributed by atoms with Gasteiger partial charge in [0.05, 0.1) is 16.6 Å². The Morgan fingerprint density at radius 3 is 3.25 bits per heavy atom. The second kappa shape index (κ2) is 2.96. The molecule has 0 bridgehead atoms. The Morgan fingerprint density at radius 1 is 1.67 bits per heavy atom. The lowest BCUT2D eigenvalue weighted by Crippen LogP contribution is -2.27. The number of hydrogen-bond acceptors (Lipinski definition) is 2. The Balaban J connectivity index is 2.52. The molecule has 12 heavy (non-hydrogen) atoms. The summed E-state index contributed by atoms with van der Waals surface area (Å²) in [4.78, 5) is 4.13. The smallest absolute Gasteiger partial charge is 0.0721 e. The summed E-state index contributed by atoms with van der Waals surface area (Å²) in [5.41, 5.74) is 2.59. The SMILES string of the molecule is CC1(I)COCc2ccncc21. The second-order valence-electron chi connectivity index (χ2n) is 3.22. The topological polar surface area (TPSA) is 22.1 Å². The van der Waals surface area contributed by atoms with Gasteiger partial charge in [-0.15, -0.1) is 0 Å². The third-order valence-electron chi connectivity index (χ3n) is 2.10. The van der Waals surface area contributed by atoms with E-state index in [1.807, 2.05) is 18.5 Å². The highest BCUT2D eigenvalue weighted by Gasteiger charge is 2.29. The van der Waals surface area contributed by atoms with Crippen molar-refractivity contribution in [3.8, 4) is 0 Å². The lowest BCUT2D eigenvalue weighted by Gasteiger charge is -2.29. The fourth-order valence-electron chi connectivity index (χ4n) is 1.45. The molecule has 0 aromatic carbocycles. The van der Waals surface area contributed by atoms with Gasteiger partial charge in [0.15, 0.2) is 0 Å². The number of aromatic nitrogens is 1. The van der Waals surface area contributed by atoms with Crippen LogP contribution in [0.3, 0.4) is 0 Å². The lowest BCUT2D eigenvalue weighted by molar-refractivity contribution is 0.0902. The summed E-state index contributed by atoms with van der Waals surface area (Å²) in [5, 5.41) is 0. The van der Waals surface area contributed by atoms with Crippen LogP contribution in [0.25, 0.3) is 0 Å². The molecule has 1 aliphatic rings. The summed E-state index contributed by atoms with van der Waals surface area (Å²) < 4.78 is 5.57. The Bertz CT molecular complexity index is 298. The molecule has 0 fully saturated rings. The average Bonchev–Trinajstić information content (AvgIpc) is 2.04. The highest BCUT2D eigenvalue weighted by molar-refractivity contribution is 14.1. The van der Waals surface area contributed by atoms with E-state index >= 15 is 0 Å². The van der Waals surface area contributed by atoms with E-state index in [4.69, 9.17) is 4.74 Å². The summed E-state index contributed by atoms with van der Waals surface area (Å²) in [6, 6.07) is 2.03. The maximum atomic E-state index is 5.48. The molecule has 0 saturated carbocycles. The molecule has 0 aliphatic carbocycles. The van der Waals surface area contributed by atoms with Crippen LogP contribution in [0.4, 0.5) is 0 Å². The Morgan fingerprint density at radius 2 is 2.50 bits per heavy atom. The van der Waals surface area contributed by atoms with Crippen LogP contribution in [0, 0.1) is 0 Å². The molecule has 0 spiro atoms. The van der Waals surface area contributed by atoms with E-state index in [1.54, 1.807) is 0 Å². The van der Waals surface area contributed by atoms with E-state index in [0.717, 1.165) is 13.2 Å². The van der Waals surface area contributed by atoms with Gasteiger partial charge in [-0.25, -0.2) is 0 Å². The van der Waals surface area contributed by atoms with Crippen LogP contribution in [-0.2, 0) is 14.8 Å². The van der Waals surface area contributed by atoms with Crippen LogP contribution < -0.4 is 0 Å². The number of rotatable bonds is 0. The molecule has 3 heteroatoms. The predicted molar refractivity (Wildman–Crippen MR) is 55.3 cm³/mol. The van der Waals surface area contributed by atoms with Gasteiger partial charge in [0.2, 0.25) is 0 Å². The number of fused-ring (bicyclic) bond motifs is 1. The predicted octanol–water partition coefficient (Wildman–Crippen LogP) is 2.26. The molecule has 1 aromatic heterocycles. The van der Waals surface area contributed by atoms with Gasteiger partial charge in [-0.1, -0.05) is 22.6 Å². The highest BCUT2D eigenvalue weighted by Crippen LogP contribution is 2.36. The standard InChI is InChI=1S/C9H10INO/c1-9(10)6-12-5-7-2-3-11-4-8(7)9/h2-4H,5-6H2,1H3. The van der Waals surface area contributed by atoms with Crippen LogP contribution in [0.5, 0.6) is 0 Å². The van der Waals surface area contributed by atoms with Gasteiger partial charge in [-0.3, -0.25) is 4.98 Å². The Hall–Kier alpha value is -0.160. The van der Waals surface area contributed by atoms with Crippen molar-refractivity contribution < 1.29 is 4.74 Å². The van der Waals surface area contributed by atoms with Gasteiger partial charge < -0.3 is 4.74 Å². The number of pyridine rings is 1. The zero-order valence-corrected chi connectivity index (χ0v) is 9.04. The van der Waals surface area contributed by atoms with E-state index in [9.17, 15) is 0 Å². The molecule has 2 nitrogen and oxygen atoms in total. The summed E-state index contributed by atoms with van der Waals surface area (Å²) >= 11 is 2.42. The fraction of sp³-hybridized carbons (Fsp3) is 0.444. The van der Waals surface area contributed by atoms with Gasteiger partial charge >= 0.3 is 0 Å². The number of ether oxygens (including phenoxy) is 1. The number of alkyl halides is 1. The first kappa shape index (κ1) is 8.44. The van der Waals surface area contributed by atoms with Crippen molar-refractivity contribution in [2.75, 3.05) is 6.61 Å². The molecule has 2 heterocycles. The first-order valence-electron chi connectivity index (χ1n) is 3.90. The molecule has 2 rings (SSSR count). The van der Waals surface area contributed by atoms with E-state index < -0.39 is 0 Å². The number of hydrogen-bond donors (Lipinski definition) is 0. The molecule has 64 valence electrons. The van der Waals surface area contributed by atoms with E-state index in [2.05, 4.69) is 34.5 Å². The van der Waals surface area contributed by atoms with Crippen LogP contribution >= 0.6 is 22.6 Å². The summed E-state index contributed by atoms with van der Waals surface area (Å²) in [7, 11) is 0. The van der Waals surface area contributed by atoms with Crippen molar-refractivity contribution in [2.24, 2.45) is 0 Å². The Labute approximate surface area is 85.5 Å². The molecule has 1 unspecified atom stereocenters. The second-order valence-corrected chi connectivity index (χ2v) is 5.60. The van der Waals surface area contributed by atoms with Gasteiger partial charge in [0, 0.05) is 12.4 Å². The lowest BCUT2D eigenvalue weighted by atomic mass is 9.97. The minimum Gasteiger partial charge on any atom is -0.375 e. The van der Waals surface area contributed by atoms with Crippen LogP contribution in [0.15, 0.2) is 18.5 Å². The number of halogens is 1. The quantitative estimate of drug-likeness (QED) is 0.535. The summed E-state index contributed by atoms with van der Waals surface area (Å²) in [5.74, 6) is 0. The third-order valence-corrected chi connectivity index (χ3v) is 3.00. The summed E-state index contributed by atoms with van der Waals surface area (Å²) in [6.07, 6.45) is 3.77. The van der Waals surface area contributed by atoms with E-state index in [-0.39, 0.29) is 3.42 Å². The fourth-order valence-corrected chi connectivity index (χ4v) is 2.15. The molecule has 0 amide bonds. The molecule has 1 aromatic rings. The molecule has 0 saturated heterocycles. The molecular formula is C9H10INO. The minimum atomic E-state index is 0.0968. The van der Waals surface area contributed by atoms with Crippen molar-refractivity contribution >= 4 is 22.6 Å². The zero-order chi connectivity index (χ0) is 8.60. The third kappa shape index (κ3) is 1.35. The highest BCUT2D eigenvalue weighted by atomic mass is 127. The average molecular weight is 275 g/mol. The van der Waals surface area contributed by atoms with Crippen molar-refractivity contribution in [1.29, 1.82) is 0 Å². The van der Waals surface area contributed by atoms with Gasteiger partial charge in [-0.05, 0) is 24.1 Å². The summed E-state index contributed by atoms with van der Waals surface area (Å²) in [6.45, 7) is 3.69. The maximum absolute atomic E-state index is 5.48. The van der Waals surface area contributed by atoms with Gasteiger partial charge in [0.1, 0.15) is 0 Å². The van der Waals surface area contributed by atoms with E-state index in [1.165, 1.54) is 11.1 Å². The first-order chi connectivity index (χ1) is 5.70. The molecule has 1 atom stereocenters. The van der Waals surface area contributed by atoms with Crippen molar-refractivity contribution in [3.05, 3.63) is 29.6 Å². The first-order valence-corrected chi connectivity index (χ1v) is 4.98. The van der Waals surface area contributed by atoms with Crippen molar-refractivity contribution in [1.82, 2.24) is 4.98 Å². The molecule has 0 radical (unpaired) electrons. The normalized spacial score (nSPS) is 28.2. The van der Waals surface area contributed by atoms with Gasteiger partial charge in [-0.2, -0.15) is 0 Å². The molecule has 0 N–H and O–H groups in total. The largest absolute Gasteiger partial charge is 0.375 e. The van der Waals surface area contributed by atoms with Crippen molar-refractivity contribution in [3.63, 3.8) is 0 Å². The monoisotopic (exact) mass is 275 g/mol. The van der Waals surface area contributed by atoms with Crippen LogP contribution in [0.2, 0.25) is 0 Å². The van der Waals surface area contributed by atoms with Crippen LogP contribution in [-0.4, -0.2) is 11.6 Å². The van der Waals surface area contributed by atoms with E-state index in [0.29, 0.717) is 0 Å². The molecular weight excluding hydrogens is 265 g/mol.